The first-order valence-corrected chi connectivity index (χ1v) is 7.71. The minimum absolute atomic E-state index is 0.271. The Morgan fingerprint density at radius 1 is 1.21 bits per heavy atom. The van der Waals surface area contributed by atoms with Crippen molar-refractivity contribution in [1.29, 1.82) is 0 Å². The van der Waals surface area contributed by atoms with Gasteiger partial charge in [0.2, 0.25) is 5.95 Å². The van der Waals surface area contributed by atoms with Crippen molar-refractivity contribution in [3.63, 3.8) is 0 Å². The van der Waals surface area contributed by atoms with Crippen molar-refractivity contribution >= 4 is 5.95 Å². The van der Waals surface area contributed by atoms with Gasteiger partial charge < -0.3 is 10.1 Å². The van der Waals surface area contributed by atoms with Crippen LogP contribution in [0.5, 0.6) is 0 Å². The first-order chi connectivity index (χ1) is 11.8. The zero-order chi connectivity index (χ0) is 16.5. The molecular formula is C17H16FN5O. The molecule has 0 radical (unpaired) electrons. The lowest BCUT2D eigenvalue weighted by molar-refractivity contribution is 0.0804. The van der Waals surface area contributed by atoms with Crippen molar-refractivity contribution in [3.8, 4) is 22.5 Å². The zero-order valence-corrected chi connectivity index (χ0v) is 13.2. The van der Waals surface area contributed by atoms with Crippen LogP contribution in [0.4, 0.5) is 10.3 Å². The van der Waals surface area contributed by atoms with Crippen molar-refractivity contribution < 1.29 is 9.13 Å². The molecule has 0 saturated heterocycles. The summed E-state index contributed by atoms with van der Waals surface area (Å²) in [6.45, 7) is 1.79. The van der Waals surface area contributed by atoms with Crippen LogP contribution in [0.15, 0.2) is 36.5 Å². The SMILES string of the molecule is CNc1nccc(-c2c(-c3ccc(F)cc3)nn3c2COCC3)n1. The summed E-state index contributed by atoms with van der Waals surface area (Å²) in [6, 6.07) is 8.18. The van der Waals surface area contributed by atoms with Gasteiger partial charge in [-0.2, -0.15) is 5.10 Å². The number of benzene rings is 1. The van der Waals surface area contributed by atoms with Gasteiger partial charge in [0.05, 0.1) is 36.7 Å². The predicted molar refractivity (Wildman–Crippen MR) is 87.8 cm³/mol. The molecular weight excluding hydrogens is 309 g/mol. The summed E-state index contributed by atoms with van der Waals surface area (Å²) in [7, 11) is 1.77. The summed E-state index contributed by atoms with van der Waals surface area (Å²) in [4.78, 5) is 8.70. The Morgan fingerprint density at radius 3 is 2.83 bits per heavy atom. The highest BCUT2D eigenvalue weighted by atomic mass is 19.1. The summed E-state index contributed by atoms with van der Waals surface area (Å²) in [5, 5.41) is 7.66. The topological polar surface area (TPSA) is 64.9 Å². The number of nitrogens with one attached hydrogen (secondary N) is 1. The molecule has 1 aliphatic rings. The van der Waals surface area contributed by atoms with E-state index in [2.05, 4.69) is 15.3 Å². The molecule has 0 unspecified atom stereocenters. The van der Waals surface area contributed by atoms with E-state index in [9.17, 15) is 4.39 Å². The third-order valence-electron chi connectivity index (χ3n) is 4.00. The second-order valence-corrected chi connectivity index (χ2v) is 5.47. The number of hydrogen-bond donors (Lipinski definition) is 1. The van der Waals surface area contributed by atoms with E-state index in [0.717, 1.165) is 28.2 Å². The largest absolute Gasteiger partial charge is 0.373 e. The molecule has 1 N–H and O–H groups in total. The van der Waals surface area contributed by atoms with Gasteiger partial charge in [-0.15, -0.1) is 0 Å². The lowest BCUT2D eigenvalue weighted by Gasteiger charge is -2.15. The molecule has 0 fully saturated rings. The van der Waals surface area contributed by atoms with Gasteiger partial charge >= 0.3 is 0 Å². The number of nitrogens with zero attached hydrogens (tertiary/aromatic N) is 4. The summed E-state index contributed by atoms with van der Waals surface area (Å²) in [5.41, 5.74) is 4.26. The minimum Gasteiger partial charge on any atom is -0.373 e. The second-order valence-electron chi connectivity index (χ2n) is 5.47. The first kappa shape index (κ1) is 14.8. The number of ether oxygens (including phenoxy) is 1. The number of fused-ring (bicyclic) bond motifs is 1. The molecule has 0 amide bonds. The Hall–Kier alpha value is -2.80. The van der Waals surface area contributed by atoms with Crippen LogP contribution in [0.2, 0.25) is 0 Å². The van der Waals surface area contributed by atoms with Gasteiger partial charge in [-0.05, 0) is 30.3 Å². The van der Waals surface area contributed by atoms with Gasteiger partial charge in [0.25, 0.3) is 0 Å². The first-order valence-electron chi connectivity index (χ1n) is 7.71. The van der Waals surface area contributed by atoms with E-state index in [-0.39, 0.29) is 5.82 Å². The Balaban J connectivity index is 1.93. The monoisotopic (exact) mass is 325 g/mol. The maximum absolute atomic E-state index is 13.3. The van der Waals surface area contributed by atoms with Gasteiger partial charge in [0, 0.05) is 18.8 Å². The molecule has 0 saturated carbocycles. The Bertz CT molecular complexity index is 875. The van der Waals surface area contributed by atoms with Crippen molar-refractivity contribution in [2.75, 3.05) is 19.0 Å². The minimum atomic E-state index is -0.271. The third kappa shape index (κ3) is 2.52. The number of anilines is 1. The molecule has 0 bridgehead atoms. The number of rotatable bonds is 3. The van der Waals surface area contributed by atoms with Gasteiger partial charge in [0.1, 0.15) is 11.5 Å². The predicted octanol–water partition coefficient (Wildman–Crippen LogP) is 2.72. The fourth-order valence-corrected chi connectivity index (χ4v) is 2.85. The summed E-state index contributed by atoms with van der Waals surface area (Å²) >= 11 is 0. The maximum atomic E-state index is 13.3. The second kappa shape index (κ2) is 6.01. The van der Waals surface area contributed by atoms with E-state index < -0.39 is 0 Å². The van der Waals surface area contributed by atoms with E-state index in [4.69, 9.17) is 9.84 Å². The molecule has 0 atom stereocenters. The quantitative estimate of drug-likeness (QED) is 0.802. The number of halogens is 1. The van der Waals surface area contributed by atoms with Gasteiger partial charge in [-0.3, -0.25) is 4.68 Å². The van der Waals surface area contributed by atoms with Crippen molar-refractivity contribution in [3.05, 3.63) is 48.0 Å². The van der Waals surface area contributed by atoms with Crippen LogP contribution in [0, 0.1) is 5.82 Å². The molecule has 6 nitrogen and oxygen atoms in total. The Morgan fingerprint density at radius 2 is 2.04 bits per heavy atom. The van der Waals surface area contributed by atoms with E-state index in [0.29, 0.717) is 25.7 Å². The van der Waals surface area contributed by atoms with Crippen LogP contribution in [0.1, 0.15) is 5.69 Å². The van der Waals surface area contributed by atoms with E-state index in [1.807, 2.05) is 10.7 Å². The van der Waals surface area contributed by atoms with Gasteiger partial charge in [0.15, 0.2) is 0 Å². The van der Waals surface area contributed by atoms with E-state index in [1.165, 1.54) is 12.1 Å². The Labute approximate surface area is 138 Å². The Kier molecular flexibility index (Phi) is 3.70. The van der Waals surface area contributed by atoms with Crippen LogP contribution in [-0.2, 0) is 17.9 Å². The molecule has 122 valence electrons. The fourth-order valence-electron chi connectivity index (χ4n) is 2.85. The normalized spacial score (nSPS) is 13.6. The van der Waals surface area contributed by atoms with E-state index in [1.54, 1.807) is 25.4 Å². The van der Waals surface area contributed by atoms with Gasteiger partial charge in [-0.25, -0.2) is 14.4 Å². The molecule has 1 aliphatic heterocycles. The molecule has 4 rings (SSSR count). The summed E-state index contributed by atoms with van der Waals surface area (Å²) in [5.74, 6) is 0.265. The van der Waals surface area contributed by atoms with E-state index >= 15 is 0 Å². The summed E-state index contributed by atoms with van der Waals surface area (Å²) in [6.07, 6.45) is 1.70. The lowest BCUT2D eigenvalue weighted by Crippen LogP contribution is -2.17. The molecule has 7 heteroatoms. The van der Waals surface area contributed by atoms with Crippen molar-refractivity contribution in [2.45, 2.75) is 13.2 Å². The average Bonchev–Trinajstić information content (AvgIpc) is 3.02. The molecule has 24 heavy (non-hydrogen) atoms. The highest BCUT2D eigenvalue weighted by Crippen LogP contribution is 2.35. The number of hydrogen-bond acceptors (Lipinski definition) is 5. The van der Waals surface area contributed by atoms with Gasteiger partial charge in [-0.1, -0.05) is 0 Å². The average molecular weight is 325 g/mol. The molecule has 0 spiro atoms. The van der Waals surface area contributed by atoms with Crippen LogP contribution in [-0.4, -0.2) is 33.4 Å². The zero-order valence-electron chi connectivity index (χ0n) is 13.2. The van der Waals surface area contributed by atoms with Crippen LogP contribution < -0.4 is 5.32 Å². The van der Waals surface area contributed by atoms with Crippen LogP contribution >= 0.6 is 0 Å². The standard InChI is InChI=1S/C17H16FN5O/c1-19-17-20-7-6-13(21-17)15-14-10-24-9-8-23(14)22-16(15)11-2-4-12(18)5-3-11/h2-7H,8-10H2,1H3,(H,19,20,21). The molecule has 1 aromatic carbocycles. The molecule has 2 aromatic heterocycles. The smallest absolute Gasteiger partial charge is 0.222 e. The van der Waals surface area contributed by atoms with Crippen LogP contribution in [0.3, 0.4) is 0 Å². The van der Waals surface area contributed by atoms with Crippen molar-refractivity contribution in [2.24, 2.45) is 0 Å². The molecule has 3 aromatic rings. The fraction of sp³-hybridized carbons (Fsp3) is 0.235. The van der Waals surface area contributed by atoms with Crippen LogP contribution in [0.25, 0.3) is 22.5 Å². The highest BCUT2D eigenvalue weighted by Gasteiger charge is 2.24. The summed E-state index contributed by atoms with van der Waals surface area (Å²) < 4.78 is 20.8. The maximum Gasteiger partial charge on any atom is 0.222 e. The lowest BCUT2D eigenvalue weighted by atomic mass is 10.0. The molecule has 0 aliphatic carbocycles. The molecule has 3 heterocycles. The highest BCUT2D eigenvalue weighted by molar-refractivity contribution is 5.81. The van der Waals surface area contributed by atoms with Crippen molar-refractivity contribution in [1.82, 2.24) is 19.7 Å². The third-order valence-corrected chi connectivity index (χ3v) is 4.00. The number of aromatic nitrogens is 4.